The van der Waals surface area contributed by atoms with Gasteiger partial charge in [0.1, 0.15) is 23.1 Å². The zero-order chi connectivity index (χ0) is 24.5. The van der Waals surface area contributed by atoms with Gasteiger partial charge in [-0.3, -0.25) is 9.59 Å². The maximum Gasteiger partial charge on any atom is 0.266 e. The maximum absolute atomic E-state index is 12.6. The molecule has 0 saturated carbocycles. The fourth-order valence-corrected chi connectivity index (χ4v) is 3.22. The van der Waals surface area contributed by atoms with Crippen molar-refractivity contribution in [1.29, 1.82) is 5.26 Å². The highest BCUT2D eigenvalue weighted by atomic mass is 35.5. The molecule has 0 fully saturated rings. The minimum Gasteiger partial charge on any atom is -0.497 e. The number of rotatable bonds is 8. The maximum atomic E-state index is 12.6. The summed E-state index contributed by atoms with van der Waals surface area (Å²) in [6, 6.07) is 19.9. The molecule has 0 aliphatic carbocycles. The summed E-state index contributed by atoms with van der Waals surface area (Å²) in [5.41, 5.74) is 1.20. The molecule has 0 spiro atoms. The van der Waals surface area contributed by atoms with Crippen LogP contribution in [0.1, 0.15) is 5.56 Å². The molecule has 0 radical (unpaired) electrons. The molecule has 34 heavy (non-hydrogen) atoms. The molecule has 3 aromatic carbocycles. The van der Waals surface area contributed by atoms with Gasteiger partial charge in [-0.05, 0) is 66.7 Å². The molecule has 172 valence electrons. The third-order valence-electron chi connectivity index (χ3n) is 4.45. The summed E-state index contributed by atoms with van der Waals surface area (Å²) in [6.45, 7) is -0.300. The second-order valence-electron chi connectivity index (χ2n) is 6.88. The van der Waals surface area contributed by atoms with E-state index in [0.717, 1.165) is 0 Å². The van der Waals surface area contributed by atoms with Crippen LogP contribution >= 0.6 is 23.2 Å². The molecule has 0 bridgehead atoms. The van der Waals surface area contributed by atoms with Gasteiger partial charge in [0.25, 0.3) is 11.8 Å². The molecule has 0 heterocycles. The Kier molecular flexibility index (Phi) is 8.52. The predicted molar refractivity (Wildman–Crippen MR) is 132 cm³/mol. The van der Waals surface area contributed by atoms with Gasteiger partial charge in [0.05, 0.1) is 7.11 Å². The second-order valence-corrected chi connectivity index (χ2v) is 7.75. The molecule has 0 atom stereocenters. The lowest BCUT2D eigenvalue weighted by Gasteiger charge is -2.11. The number of halogens is 2. The number of anilines is 2. The summed E-state index contributed by atoms with van der Waals surface area (Å²) in [5.74, 6) is -0.0840. The number of carbonyl (C=O) groups is 2. The third kappa shape index (κ3) is 7.01. The van der Waals surface area contributed by atoms with Crippen molar-refractivity contribution in [2.75, 3.05) is 24.4 Å². The molecule has 0 aliphatic rings. The number of hydrogen-bond donors (Lipinski definition) is 2. The number of hydrogen-bond acceptors (Lipinski definition) is 5. The van der Waals surface area contributed by atoms with E-state index in [9.17, 15) is 14.9 Å². The highest BCUT2D eigenvalue weighted by molar-refractivity contribution is 6.31. The van der Waals surface area contributed by atoms with E-state index in [1.807, 2.05) is 6.07 Å². The third-order valence-corrected chi connectivity index (χ3v) is 4.92. The van der Waals surface area contributed by atoms with Crippen LogP contribution in [-0.2, 0) is 9.59 Å². The molecule has 3 rings (SSSR count). The van der Waals surface area contributed by atoms with Crippen LogP contribution in [0.4, 0.5) is 11.4 Å². The van der Waals surface area contributed by atoms with E-state index < -0.39 is 11.8 Å². The highest BCUT2D eigenvalue weighted by Gasteiger charge is 2.13. The monoisotopic (exact) mass is 495 g/mol. The zero-order valence-electron chi connectivity index (χ0n) is 18.0. The Hall–Kier alpha value is -3.99. The number of nitrogens with zero attached hydrogens (tertiary/aromatic N) is 1. The van der Waals surface area contributed by atoms with Gasteiger partial charge in [0, 0.05) is 27.0 Å². The molecule has 2 amide bonds. The second kappa shape index (κ2) is 11.8. The molecule has 3 aromatic rings. The summed E-state index contributed by atoms with van der Waals surface area (Å²) in [5, 5.41) is 15.7. The van der Waals surface area contributed by atoms with Crippen LogP contribution in [0.5, 0.6) is 11.5 Å². The first kappa shape index (κ1) is 24.6. The number of ether oxygens (including phenoxy) is 2. The van der Waals surface area contributed by atoms with Crippen LogP contribution in [0, 0.1) is 11.3 Å². The van der Waals surface area contributed by atoms with Crippen molar-refractivity contribution < 1.29 is 19.1 Å². The number of carbonyl (C=O) groups excluding carboxylic acids is 2. The van der Waals surface area contributed by atoms with E-state index in [1.165, 1.54) is 12.1 Å². The van der Waals surface area contributed by atoms with Crippen molar-refractivity contribution in [3.63, 3.8) is 0 Å². The van der Waals surface area contributed by atoms with Crippen LogP contribution < -0.4 is 20.1 Å². The van der Waals surface area contributed by atoms with E-state index in [-0.39, 0.29) is 17.9 Å². The molecule has 2 N–H and O–H groups in total. The van der Waals surface area contributed by atoms with Crippen LogP contribution in [-0.4, -0.2) is 25.5 Å². The first-order valence-corrected chi connectivity index (χ1v) is 10.7. The van der Waals surface area contributed by atoms with Gasteiger partial charge in [-0.25, -0.2) is 0 Å². The lowest BCUT2D eigenvalue weighted by Crippen LogP contribution is -2.20. The number of methoxy groups -OCH3 is 1. The number of amides is 2. The van der Waals surface area contributed by atoms with Crippen LogP contribution in [0.15, 0.2) is 72.3 Å². The number of benzene rings is 3. The van der Waals surface area contributed by atoms with Gasteiger partial charge >= 0.3 is 0 Å². The Bertz CT molecular complexity index is 1270. The van der Waals surface area contributed by atoms with E-state index >= 15 is 0 Å². The SMILES string of the molecule is COc1ccc(NC(=O)COc2ccc(Cl)cc2/C=C(/C#N)C(=O)Nc2cccc(Cl)c2)cc1. The molecular weight excluding hydrogens is 477 g/mol. The summed E-state index contributed by atoms with van der Waals surface area (Å²) < 4.78 is 10.7. The number of nitrogens with one attached hydrogen (secondary N) is 2. The van der Waals surface area contributed by atoms with E-state index in [1.54, 1.807) is 67.8 Å². The van der Waals surface area contributed by atoms with Crippen molar-refractivity contribution in [3.8, 4) is 17.6 Å². The zero-order valence-corrected chi connectivity index (χ0v) is 19.5. The highest BCUT2D eigenvalue weighted by Crippen LogP contribution is 2.26. The fraction of sp³-hybridized carbons (Fsp3) is 0.0800. The van der Waals surface area contributed by atoms with Crippen LogP contribution in [0.2, 0.25) is 10.0 Å². The standard InChI is InChI=1S/C25H19Cl2N3O4/c1-33-22-8-6-20(7-9-22)29-24(31)15-34-23-10-5-19(27)12-16(23)11-17(14-28)25(32)30-21-4-2-3-18(26)13-21/h2-13H,15H2,1H3,(H,29,31)(H,30,32)/b17-11-. The fourth-order valence-electron chi connectivity index (χ4n) is 2.85. The van der Waals surface area contributed by atoms with Gasteiger partial charge < -0.3 is 20.1 Å². The molecule has 9 heteroatoms. The van der Waals surface area contributed by atoms with Gasteiger partial charge in [-0.15, -0.1) is 0 Å². The molecule has 0 aliphatic heterocycles. The van der Waals surface area contributed by atoms with Crippen molar-refractivity contribution in [3.05, 3.63) is 87.9 Å². The molecule has 0 saturated heterocycles. The lowest BCUT2D eigenvalue weighted by molar-refractivity contribution is -0.118. The van der Waals surface area contributed by atoms with Gasteiger partial charge in [0.2, 0.25) is 0 Å². The Labute approximate surface area is 206 Å². The van der Waals surface area contributed by atoms with E-state index in [4.69, 9.17) is 32.7 Å². The van der Waals surface area contributed by atoms with Crippen molar-refractivity contribution in [2.45, 2.75) is 0 Å². The van der Waals surface area contributed by atoms with Crippen LogP contribution in [0.3, 0.4) is 0 Å². The smallest absolute Gasteiger partial charge is 0.266 e. The molecule has 0 aromatic heterocycles. The first-order chi connectivity index (χ1) is 16.4. The predicted octanol–water partition coefficient (Wildman–Crippen LogP) is 5.57. The van der Waals surface area contributed by atoms with Crippen molar-refractivity contribution in [2.24, 2.45) is 0 Å². The quantitative estimate of drug-likeness (QED) is 0.314. The van der Waals surface area contributed by atoms with E-state index in [2.05, 4.69) is 10.6 Å². The van der Waals surface area contributed by atoms with Crippen molar-refractivity contribution >= 4 is 52.5 Å². The summed E-state index contributed by atoms with van der Waals surface area (Å²) in [4.78, 5) is 24.9. The average molecular weight is 496 g/mol. The minimum atomic E-state index is -0.632. The summed E-state index contributed by atoms with van der Waals surface area (Å²) in [6.07, 6.45) is 1.34. The summed E-state index contributed by atoms with van der Waals surface area (Å²) >= 11 is 12.0. The molecule has 0 unspecified atom stereocenters. The minimum absolute atomic E-state index is 0.185. The Morgan fingerprint density at radius 1 is 0.971 bits per heavy atom. The normalized spacial score (nSPS) is 10.7. The Morgan fingerprint density at radius 3 is 2.38 bits per heavy atom. The Balaban J connectivity index is 1.72. The Morgan fingerprint density at radius 2 is 1.71 bits per heavy atom. The lowest BCUT2D eigenvalue weighted by atomic mass is 10.1. The topological polar surface area (TPSA) is 100 Å². The number of nitriles is 1. The largest absolute Gasteiger partial charge is 0.497 e. The summed E-state index contributed by atoms with van der Waals surface area (Å²) in [7, 11) is 1.55. The molecule has 7 nitrogen and oxygen atoms in total. The van der Waals surface area contributed by atoms with Crippen molar-refractivity contribution in [1.82, 2.24) is 0 Å². The van der Waals surface area contributed by atoms with Gasteiger partial charge in [-0.2, -0.15) is 5.26 Å². The van der Waals surface area contributed by atoms with Gasteiger partial charge in [-0.1, -0.05) is 29.3 Å². The van der Waals surface area contributed by atoms with E-state index in [0.29, 0.717) is 32.7 Å². The van der Waals surface area contributed by atoms with Gasteiger partial charge in [0.15, 0.2) is 6.61 Å². The average Bonchev–Trinajstić information content (AvgIpc) is 2.82. The first-order valence-electron chi connectivity index (χ1n) is 9.93. The van der Waals surface area contributed by atoms with Crippen LogP contribution in [0.25, 0.3) is 6.08 Å². The molecular formula is C25H19Cl2N3O4.